The number of rotatable bonds is 3. The smallest absolute Gasteiger partial charge is 0.294 e. The lowest BCUT2D eigenvalue weighted by Crippen LogP contribution is -1.98. The summed E-state index contributed by atoms with van der Waals surface area (Å²) < 4.78 is 34.1. The van der Waals surface area contributed by atoms with Crippen LogP contribution in [0.2, 0.25) is 0 Å². The largest absolute Gasteiger partial charge is 0.365 e. The molecule has 1 aromatic carbocycles. The summed E-state index contributed by atoms with van der Waals surface area (Å²) in [6.07, 6.45) is 0.759. The molecule has 2 rings (SSSR count). The maximum atomic E-state index is 10.5. The number of nitro groups is 1. The number of aldehydes is 1. The second kappa shape index (κ2) is 5.67. The maximum absolute atomic E-state index is 10.5. The van der Waals surface area contributed by atoms with Gasteiger partial charge in [-0.05, 0) is 6.07 Å². The van der Waals surface area contributed by atoms with Gasteiger partial charge < -0.3 is 9.53 Å². The molecule has 1 aromatic rings. The number of carbonyl (C=O) groups is 1. The fraction of sp³-hybridized carbons (Fsp3) is 0.222. The molecule has 1 fully saturated rings. The Morgan fingerprint density at radius 2 is 2.11 bits per heavy atom. The van der Waals surface area contributed by atoms with Crippen molar-refractivity contribution in [2.45, 2.75) is 11.0 Å². The minimum absolute atomic E-state index is 0.0463. The molecule has 9 heteroatoms. The van der Waals surface area contributed by atoms with Crippen molar-refractivity contribution in [3.8, 4) is 0 Å². The molecule has 1 aliphatic rings. The van der Waals surface area contributed by atoms with E-state index < -0.39 is 19.9 Å². The van der Waals surface area contributed by atoms with Crippen LogP contribution in [0.1, 0.15) is 0 Å². The summed E-state index contributed by atoms with van der Waals surface area (Å²) in [7, 11) is -4.36. The number of nitrogens with zero attached hydrogens (tertiary/aromatic N) is 1. The van der Waals surface area contributed by atoms with E-state index in [2.05, 4.69) is 4.74 Å². The van der Waals surface area contributed by atoms with Gasteiger partial charge in [-0.2, -0.15) is 8.42 Å². The number of hydrogen-bond donors (Lipinski definition) is 1. The molecule has 1 heterocycles. The first-order valence-corrected chi connectivity index (χ1v) is 6.07. The van der Waals surface area contributed by atoms with E-state index in [0.29, 0.717) is 6.61 Å². The molecule has 18 heavy (non-hydrogen) atoms. The fourth-order valence-electron chi connectivity index (χ4n) is 0.892. The van der Waals surface area contributed by atoms with Gasteiger partial charge in [0.25, 0.3) is 15.8 Å². The predicted molar refractivity (Wildman–Crippen MR) is 58.7 cm³/mol. The van der Waals surface area contributed by atoms with Crippen molar-refractivity contribution in [2.75, 3.05) is 6.61 Å². The molecule has 0 amide bonds. The zero-order chi connectivity index (χ0) is 13.8. The van der Waals surface area contributed by atoms with Crippen molar-refractivity contribution in [1.29, 1.82) is 0 Å². The summed E-state index contributed by atoms with van der Waals surface area (Å²) in [5.41, 5.74) is -0.380. The van der Waals surface area contributed by atoms with Crippen molar-refractivity contribution in [2.24, 2.45) is 0 Å². The molecule has 98 valence electrons. The number of ether oxygens (including phenoxy) is 1. The molecule has 0 spiro atoms. The van der Waals surface area contributed by atoms with Gasteiger partial charge in [0.15, 0.2) is 6.29 Å². The molecular weight excluding hydrogens is 266 g/mol. The van der Waals surface area contributed by atoms with E-state index in [1.54, 1.807) is 0 Å². The summed E-state index contributed by atoms with van der Waals surface area (Å²) in [6, 6.07) is 4.17. The van der Waals surface area contributed by atoms with E-state index in [4.69, 9.17) is 4.55 Å². The van der Waals surface area contributed by atoms with E-state index in [1.807, 2.05) is 0 Å². The first kappa shape index (κ1) is 14.2. The standard InChI is InChI=1S/C6H5NO5S.C3H4O2/c8-7(9)5-2-1-3-6(4-5)13(10,11)12;4-1-3-2-5-3/h1-4H,(H,10,11,12);1,3H,2H2/t;3-/m.1/s1. The highest BCUT2D eigenvalue weighted by Gasteiger charge is 2.20. The number of hydrogen-bond acceptors (Lipinski definition) is 6. The van der Waals surface area contributed by atoms with Gasteiger partial charge in [-0.1, -0.05) is 6.07 Å². The highest BCUT2D eigenvalue weighted by molar-refractivity contribution is 7.85. The second-order valence-electron chi connectivity index (χ2n) is 3.24. The first-order valence-electron chi connectivity index (χ1n) is 4.63. The van der Waals surface area contributed by atoms with Gasteiger partial charge in [-0.15, -0.1) is 0 Å². The van der Waals surface area contributed by atoms with Crippen LogP contribution >= 0.6 is 0 Å². The number of epoxide rings is 1. The molecule has 0 aromatic heterocycles. The van der Waals surface area contributed by atoms with Gasteiger partial charge in [0, 0.05) is 12.1 Å². The van der Waals surface area contributed by atoms with Gasteiger partial charge in [0.2, 0.25) is 0 Å². The Morgan fingerprint density at radius 1 is 1.50 bits per heavy atom. The highest BCUT2D eigenvalue weighted by atomic mass is 32.2. The van der Waals surface area contributed by atoms with E-state index in [-0.39, 0.29) is 11.8 Å². The molecule has 0 unspecified atom stereocenters. The lowest BCUT2D eigenvalue weighted by Gasteiger charge is -1.95. The van der Waals surface area contributed by atoms with Crippen molar-refractivity contribution < 1.29 is 27.4 Å². The van der Waals surface area contributed by atoms with Crippen LogP contribution in [-0.2, 0) is 19.6 Å². The number of nitro benzene ring substituents is 1. The Hall–Kier alpha value is -1.84. The average Bonchev–Trinajstić information content (AvgIpc) is 3.12. The van der Waals surface area contributed by atoms with Crippen LogP contribution in [0.25, 0.3) is 0 Å². The molecule has 1 aliphatic heterocycles. The second-order valence-corrected chi connectivity index (χ2v) is 4.66. The Balaban J connectivity index is 0.000000269. The Labute approximate surface area is 102 Å². The normalized spacial score (nSPS) is 17.3. The topological polar surface area (TPSA) is 127 Å². The van der Waals surface area contributed by atoms with Crippen LogP contribution < -0.4 is 0 Å². The molecule has 0 bridgehead atoms. The zero-order valence-electron chi connectivity index (χ0n) is 8.92. The van der Waals surface area contributed by atoms with Gasteiger partial charge in [-0.3, -0.25) is 14.7 Å². The molecular formula is C9H9NO7S. The lowest BCUT2D eigenvalue weighted by molar-refractivity contribution is -0.385. The van der Waals surface area contributed by atoms with Crippen LogP contribution in [-0.4, -0.2) is 36.9 Å². The van der Waals surface area contributed by atoms with Gasteiger partial charge in [0.1, 0.15) is 11.0 Å². The van der Waals surface area contributed by atoms with Crippen molar-refractivity contribution >= 4 is 22.1 Å². The van der Waals surface area contributed by atoms with Crippen LogP contribution in [0.4, 0.5) is 5.69 Å². The summed E-state index contributed by atoms with van der Waals surface area (Å²) in [6.45, 7) is 0.642. The average molecular weight is 275 g/mol. The summed E-state index contributed by atoms with van der Waals surface area (Å²) >= 11 is 0. The van der Waals surface area contributed by atoms with Gasteiger partial charge in [-0.25, -0.2) is 0 Å². The minimum atomic E-state index is -4.36. The van der Waals surface area contributed by atoms with Crippen molar-refractivity contribution in [1.82, 2.24) is 0 Å². The van der Waals surface area contributed by atoms with Gasteiger partial charge >= 0.3 is 0 Å². The third-order valence-electron chi connectivity index (χ3n) is 1.84. The predicted octanol–water partition coefficient (Wildman–Crippen LogP) is 0.426. The zero-order valence-corrected chi connectivity index (χ0v) is 9.74. The van der Waals surface area contributed by atoms with Crippen molar-refractivity contribution in [3.63, 3.8) is 0 Å². The maximum Gasteiger partial charge on any atom is 0.294 e. The van der Waals surface area contributed by atoms with Crippen LogP contribution in [0.15, 0.2) is 29.2 Å². The fourth-order valence-corrected chi connectivity index (χ4v) is 1.41. The number of benzene rings is 1. The van der Waals surface area contributed by atoms with E-state index in [0.717, 1.165) is 24.5 Å². The summed E-state index contributed by atoms with van der Waals surface area (Å²) in [4.78, 5) is 18.4. The summed E-state index contributed by atoms with van der Waals surface area (Å²) in [5.74, 6) is 0. The molecule has 8 nitrogen and oxygen atoms in total. The first-order chi connectivity index (χ1) is 8.34. The Bertz CT molecular complexity index is 550. The number of carbonyl (C=O) groups excluding carboxylic acids is 1. The third-order valence-corrected chi connectivity index (χ3v) is 2.69. The number of non-ortho nitro benzene ring substituents is 1. The molecule has 1 N–H and O–H groups in total. The van der Waals surface area contributed by atoms with Crippen LogP contribution in [0.3, 0.4) is 0 Å². The summed E-state index contributed by atoms with van der Waals surface area (Å²) in [5, 5.41) is 10.2. The Kier molecular flexibility index (Phi) is 4.48. The minimum Gasteiger partial charge on any atom is -0.365 e. The SMILES string of the molecule is O=C[C@@H]1CO1.O=[N+]([O-])c1cccc(S(=O)(=O)O)c1. The monoisotopic (exact) mass is 275 g/mol. The molecule has 1 saturated heterocycles. The third kappa shape index (κ3) is 4.57. The Morgan fingerprint density at radius 3 is 2.44 bits per heavy atom. The van der Waals surface area contributed by atoms with E-state index in [1.165, 1.54) is 6.07 Å². The molecule has 0 saturated carbocycles. The quantitative estimate of drug-likeness (QED) is 0.278. The molecule has 0 radical (unpaired) electrons. The van der Waals surface area contributed by atoms with E-state index >= 15 is 0 Å². The lowest BCUT2D eigenvalue weighted by atomic mass is 10.3. The van der Waals surface area contributed by atoms with Crippen molar-refractivity contribution in [3.05, 3.63) is 34.4 Å². The van der Waals surface area contributed by atoms with E-state index in [9.17, 15) is 23.3 Å². The molecule has 1 atom stereocenters. The highest BCUT2D eigenvalue weighted by Crippen LogP contribution is 2.16. The molecule has 0 aliphatic carbocycles. The van der Waals surface area contributed by atoms with Crippen LogP contribution in [0.5, 0.6) is 0 Å². The van der Waals surface area contributed by atoms with Gasteiger partial charge in [0.05, 0.1) is 11.5 Å². The van der Waals surface area contributed by atoms with Crippen LogP contribution in [0, 0.1) is 10.1 Å².